The molecule has 37 heavy (non-hydrogen) atoms. The van der Waals surface area contributed by atoms with Crippen molar-refractivity contribution < 1.29 is 19.4 Å². The number of nitrogens with one attached hydrogen (secondary N) is 1. The lowest BCUT2D eigenvalue weighted by Gasteiger charge is -2.52. The molecule has 2 aliphatic heterocycles. The quantitative estimate of drug-likeness (QED) is 0.500. The molecule has 204 valence electrons. The number of hydrogen-bond donors (Lipinski definition) is 2. The highest BCUT2D eigenvalue weighted by atomic mass is 16.5. The molecule has 1 aromatic rings. The molecule has 4 aliphatic rings. The summed E-state index contributed by atoms with van der Waals surface area (Å²) in [4.78, 5) is 31.8. The topological polar surface area (TPSA) is 82.1 Å². The second-order valence-electron chi connectivity index (χ2n) is 12.1. The molecule has 2 N–H and O–H groups in total. The van der Waals surface area contributed by atoms with Gasteiger partial charge in [-0.3, -0.25) is 9.59 Å². The van der Waals surface area contributed by atoms with Gasteiger partial charge in [-0.05, 0) is 62.5 Å². The van der Waals surface area contributed by atoms with Gasteiger partial charge in [0, 0.05) is 32.6 Å². The lowest BCUT2D eigenvalue weighted by Crippen LogP contribution is -2.73. The minimum Gasteiger partial charge on any atom is -0.493 e. The van der Waals surface area contributed by atoms with Crippen molar-refractivity contribution in [3.8, 4) is 5.75 Å². The predicted octanol–water partition coefficient (Wildman–Crippen LogP) is 3.75. The molecule has 2 amide bonds. The third kappa shape index (κ3) is 5.98. The minimum atomic E-state index is -0.832. The van der Waals surface area contributed by atoms with Gasteiger partial charge in [0.15, 0.2) is 0 Å². The molecule has 4 fully saturated rings. The van der Waals surface area contributed by atoms with Crippen molar-refractivity contribution in [3.63, 3.8) is 0 Å². The van der Waals surface area contributed by atoms with Gasteiger partial charge in [-0.15, -0.1) is 0 Å². The molecule has 2 unspecified atom stereocenters. The van der Waals surface area contributed by atoms with Crippen LogP contribution in [0.1, 0.15) is 77.6 Å². The second-order valence-corrected chi connectivity index (χ2v) is 12.1. The van der Waals surface area contributed by atoms with Gasteiger partial charge in [0.2, 0.25) is 11.8 Å². The van der Waals surface area contributed by atoms with Gasteiger partial charge in [-0.2, -0.15) is 0 Å². The number of piperidine rings is 1. The molecule has 2 saturated heterocycles. The SMILES string of the molecule is CCCCN1C(=O)[C@@H](CC2(O)CCCCC2)NC(=O)C12CCN(CC1CC1COc1ccccc1)CC2. The summed E-state index contributed by atoms with van der Waals surface area (Å²) in [5.41, 5.74) is -1.57. The van der Waals surface area contributed by atoms with Crippen molar-refractivity contribution >= 4 is 11.8 Å². The number of benzene rings is 1. The maximum atomic E-state index is 13.7. The van der Waals surface area contributed by atoms with Crippen LogP contribution in [0.2, 0.25) is 0 Å². The third-order valence-corrected chi connectivity index (χ3v) is 9.36. The van der Waals surface area contributed by atoms with Gasteiger partial charge in [-0.1, -0.05) is 50.8 Å². The maximum absolute atomic E-state index is 13.7. The van der Waals surface area contributed by atoms with Gasteiger partial charge in [0.1, 0.15) is 17.3 Å². The van der Waals surface area contributed by atoms with Crippen LogP contribution in [0.4, 0.5) is 0 Å². The van der Waals surface area contributed by atoms with E-state index in [1.807, 2.05) is 35.2 Å². The molecule has 0 radical (unpaired) electrons. The molecule has 2 saturated carbocycles. The predicted molar refractivity (Wildman–Crippen MR) is 143 cm³/mol. The second kappa shape index (κ2) is 11.3. The first-order valence-electron chi connectivity index (χ1n) is 14.7. The molecular formula is C30H45N3O4. The molecule has 3 atom stereocenters. The van der Waals surface area contributed by atoms with E-state index in [0.29, 0.717) is 37.6 Å². The summed E-state index contributed by atoms with van der Waals surface area (Å²) in [5.74, 6) is 2.19. The van der Waals surface area contributed by atoms with Crippen molar-refractivity contribution in [1.29, 1.82) is 0 Å². The first-order chi connectivity index (χ1) is 17.9. The Morgan fingerprint density at radius 2 is 1.76 bits per heavy atom. The molecule has 7 nitrogen and oxygen atoms in total. The van der Waals surface area contributed by atoms with Gasteiger partial charge < -0.3 is 25.0 Å². The Kier molecular flexibility index (Phi) is 8.10. The first-order valence-corrected chi connectivity index (χ1v) is 14.7. The standard InChI is InChI=1S/C30H45N3O4/c1-2-3-16-33-27(34)26(20-29(36)12-8-5-9-13-29)31-28(35)30(33)14-17-32(18-15-30)21-23-19-24(23)22-37-25-10-6-4-7-11-25/h4,6-7,10-11,23-24,26,36H,2-3,5,8-9,12-22H2,1H3,(H,31,35)/t23?,24?,26-/m1/s1. The van der Waals surface area contributed by atoms with Crippen LogP contribution in [0, 0.1) is 11.8 Å². The van der Waals surface area contributed by atoms with E-state index in [-0.39, 0.29) is 11.8 Å². The summed E-state index contributed by atoms with van der Waals surface area (Å²) >= 11 is 0. The number of ether oxygens (including phenoxy) is 1. The monoisotopic (exact) mass is 511 g/mol. The fourth-order valence-corrected chi connectivity index (χ4v) is 6.84. The molecule has 0 aromatic heterocycles. The van der Waals surface area contributed by atoms with Crippen molar-refractivity contribution in [2.75, 3.05) is 32.8 Å². The van der Waals surface area contributed by atoms with E-state index in [9.17, 15) is 14.7 Å². The molecule has 5 rings (SSSR count). The number of likely N-dealkylation sites (tertiary alicyclic amines) is 1. The summed E-state index contributed by atoms with van der Waals surface area (Å²) in [5, 5.41) is 14.2. The molecular weight excluding hydrogens is 466 g/mol. The number of para-hydroxylation sites is 1. The van der Waals surface area contributed by atoms with Crippen LogP contribution < -0.4 is 10.1 Å². The van der Waals surface area contributed by atoms with Crippen LogP contribution in [-0.4, -0.2) is 76.7 Å². The zero-order valence-electron chi connectivity index (χ0n) is 22.5. The Hall–Kier alpha value is -2.12. The van der Waals surface area contributed by atoms with E-state index in [2.05, 4.69) is 17.1 Å². The summed E-state index contributed by atoms with van der Waals surface area (Å²) in [6, 6.07) is 9.40. The Morgan fingerprint density at radius 1 is 1.03 bits per heavy atom. The number of nitrogens with zero attached hydrogens (tertiary/aromatic N) is 2. The van der Waals surface area contributed by atoms with E-state index in [0.717, 1.165) is 76.9 Å². The highest BCUT2D eigenvalue weighted by molar-refractivity contribution is 6.00. The fraction of sp³-hybridized carbons (Fsp3) is 0.733. The van der Waals surface area contributed by atoms with Gasteiger partial charge in [0.05, 0.1) is 12.2 Å². The summed E-state index contributed by atoms with van der Waals surface area (Å²) in [7, 11) is 0. The van der Waals surface area contributed by atoms with E-state index in [4.69, 9.17) is 4.74 Å². The molecule has 0 bridgehead atoms. The van der Waals surface area contributed by atoms with Crippen LogP contribution >= 0.6 is 0 Å². The number of amides is 2. The summed E-state index contributed by atoms with van der Waals surface area (Å²) in [6.45, 7) is 6.22. The van der Waals surface area contributed by atoms with E-state index >= 15 is 0 Å². The largest absolute Gasteiger partial charge is 0.493 e. The molecule has 2 heterocycles. The van der Waals surface area contributed by atoms with Crippen LogP contribution in [0.25, 0.3) is 0 Å². The molecule has 7 heteroatoms. The lowest BCUT2D eigenvalue weighted by atomic mass is 9.77. The van der Waals surface area contributed by atoms with Gasteiger partial charge in [0.25, 0.3) is 0 Å². The number of rotatable bonds is 10. The Bertz CT molecular complexity index is 924. The molecule has 1 aromatic carbocycles. The molecule has 1 spiro atoms. The average Bonchev–Trinajstić information content (AvgIpc) is 3.66. The normalized spacial score (nSPS) is 29.2. The fourth-order valence-electron chi connectivity index (χ4n) is 6.84. The molecule has 2 aliphatic carbocycles. The van der Waals surface area contributed by atoms with E-state index in [1.54, 1.807) is 0 Å². The van der Waals surface area contributed by atoms with Crippen LogP contribution in [-0.2, 0) is 9.59 Å². The number of hydrogen-bond acceptors (Lipinski definition) is 5. The van der Waals surface area contributed by atoms with Gasteiger partial charge >= 0.3 is 0 Å². The van der Waals surface area contributed by atoms with Crippen LogP contribution in [0.5, 0.6) is 5.75 Å². The van der Waals surface area contributed by atoms with Crippen molar-refractivity contribution in [2.45, 2.75) is 94.7 Å². The highest BCUT2D eigenvalue weighted by Crippen LogP contribution is 2.42. The summed E-state index contributed by atoms with van der Waals surface area (Å²) < 4.78 is 5.95. The van der Waals surface area contributed by atoms with Crippen molar-refractivity contribution in [3.05, 3.63) is 30.3 Å². The van der Waals surface area contributed by atoms with Gasteiger partial charge in [-0.25, -0.2) is 0 Å². The first kappa shape index (κ1) is 26.5. The Balaban J connectivity index is 1.16. The van der Waals surface area contributed by atoms with Crippen LogP contribution in [0.15, 0.2) is 30.3 Å². The average molecular weight is 512 g/mol. The zero-order chi connectivity index (χ0) is 25.9. The third-order valence-electron chi connectivity index (χ3n) is 9.36. The maximum Gasteiger partial charge on any atom is 0.246 e. The zero-order valence-corrected chi connectivity index (χ0v) is 22.5. The number of aliphatic hydroxyl groups is 1. The number of carbonyl (C=O) groups excluding carboxylic acids is 2. The minimum absolute atomic E-state index is 0.00665. The number of carbonyl (C=O) groups is 2. The smallest absolute Gasteiger partial charge is 0.246 e. The number of piperazine rings is 1. The Labute approximate surface area is 221 Å². The number of unbranched alkanes of at least 4 members (excludes halogenated alkanes) is 1. The van der Waals surface area contributed by atoms with Crippen molar-refractivity contribution in [2.24, 2.45) is 11.8 Å². The van der Waals surface area contributed by atoms with E-state index in [1.165, 1.54) is 6.42 Å². The highest BCUT2D eigenvalue weighted by Gasteiger charge is 2.54. The Morgan fingerprint density at radius 3 is 2.46 bits per heavy atom. The summed E-state index contributed by atoms with van der Waals surface area (Å²) in [6.07, 6.45) is 9.35. The van der Waals surface area contributed by atoms with E-state index < -0.39 is 17.2 Å². The van der Waals surface area contributed by atoms with Crippen molar-refractivity contribution in [1.82, 2.24) is 15.1 Å². The lowest BCUT2D eigenvalue weighted by molar-refractivity contribution is -0.163. The van der Waals surface area contributed by atoms with Crippen LogP contribution in [0.3, 0.4) is 0 Å².